The molecule has 1 amide bonds. The number of nitrogens with zero attached hydrogens (tertiary/aromatic N) is 4. The zero-order valence-corrected chi connectivity index (χ0v) is 16.2. The van der Waals surface area contributed by atoms with Crippen LogP contribution < -0.4 is 15.6 Å². The van der Waals surface area contributed by atoms with Gasteiger partial charge in [-0.05, 0) is 38.5 Å². The highest BCUT2D eigenvalue weighted by atomic mass is 16.5. The molecule has 144 valence electrons. The minimum atomic E-state index is -0.504. The van der Waals surface area contributed by atoms with Gasteiger partial charge in [0.25, 0.3) is 11.5 Å². The number of nitrogens with one attached hydrogen (secondary N) is 1. The van der Waals surface area contributed by atoms with Gasteiger partial charge in [0.05, 0.1) is 42.6 Å². The van der Waals surface area contributed by atoms with E-state index in [0.717, 1.165) is 5.69 Å². The molecular formula is C20H21N5O3. The molecule has 0 aliphatic carbocycles. The number of carbonyl (C=O) groups excluding carboxylic acids is 1. The third kappa shape index (κ3) is 3.90. The molecule has 8 heteroatoms. The number of rotatable bonds is 5. The molecule has 0 radical (unpaired) electrons. The van der Waals surface area contributed by atoms with Crippen molar-refractivity contribution in [3.63, 3.8) is 0 Å². The number of carbonyl (C=O) groups is 1. The molecule has 0 saturated heterocycles. The van der Waals surface area contributed by atoms with Crippen LogP contribution in [0.25, 0.3) is 0 Å². The SMILES string of the molecule is COc1c(NC(=O)c2c(C)ccn(Cc3cnc(C)cn3)c2=O)ccnc1C. The van der Waals surface area contributed by atoms with E-state index in [1.807, 2.05) is 6.92 Å². The summed E-state index contributed by atoms with van der Waals surface area (Å²) in [6, 6.07) is 3.36. The van der Waals surface area contributed by atoms with Crippen LogP contribution in [0, 0.1) is 20.8 Å². The molecule has 0 saturated carbocycles. The van der Waals surface area contributed by atoms with Crippen LogP contribution in [-0.4, -0.2) is 32.5 Å². The summed E-state index contributed by atoms with van der Waals surface area (Å²) < 4.78 is 6.75. The zero-order chi connectivity index (χ0) is 20.3. The molecule has 0 atom stereocenters. The molecule has 3 heterocycles. The quantitative estimate of drug-likeness (QED) is 0.730. The van der Waals surface area contributed by atoms with Gasteiger partial charge in [-0.25, -0.2) is 0 Å². The Morgan fingerprint density at radius 1 is 1.14 bits per heavy atom. The summed E-state index contributed by atoms with van der Waals surface area (Å²) in [5.41, 5.74) is 2.78. The molecule has 3 rings (SSSR count). The molecule has 0 aliphatic heterocycles. The number of aryl methyl sites for hydroxylation is 3. The third-order valence-electron chi connectivity index (χ3n) is 4.30. The van der Waals surface area contributed by atoms with Crippen molar-refractivity contribution in [2.75, 3.05) is 12.4 Å². The Labute approximate surface area is 162 Å². The number of hydrogen-bond donors (Lipinski definition) is 1. The van der Waals surface area contributed by atoms with Crippen LogP contribution in [0.1, 0.15) is 33.0 Å². The van der Waals surface area contributed by atoms with E-state index in [4.69, 9.17) is 4.74 Å². The molecule has 28 heavy (non-hydrogen) atoms. The van der Waals surface area contributed by atoms with Crippen molar-refractivity contribution in [3.8, 4) is 5.75 Å². The number of ether oxygens (including phenoxy) is 1. The van der Waals surface area contributed by atoms with Crippen LogP contribution in [0.2, 0.25) is 0 Å². The average molecular weight is 379 g/mol. The van der Waals surface area contributed by atoms with Gasteiger partial charge in [0.15, 0.2) is 5.75 Å². The van der Waals surface area contributed by atoms with Crippen molar-refractivity contribution in [1.82, 2.24) is 19.5 Å². The molecule has 0 aromatic carbocycles. The van der Waals surface area contributed by atoms with E-state index in [0.29, 0.717) is 28.4 Å². The fraction of sp³-hybridized carbons (Fsp3) is 0.250. The molecule has 3 aromatic heterocycles. The Kier molecular flexibility index (Phi) is 5.49. The Morgan fingerprint density at radius 3 is 2.61 bits per heavy atom. The van der Waals surface area contributed by atoms with Crippen molar-refractivity contribution in [2.45, 2.75) is 27.3 Å². The van der Waals surface area contributed by atoms with Gasteiger partial charge in [-0.3, -0.25) is 24.5 Å². The van der Waals surface area contributed by atoms with Crippen molar-refractivity contribution >= 4 is 11.6 Å². The summed E-state index contributed by atoms with van der Waals surface area (Å²) in [6.45, 7) is 5.57. The standard InChI is InChI=1S/C20H21N5O3/c1-12-6-8-25(11-15-10-22-13(2)9-23-15)20(27)17(12)19(26)24-16-5-7-21-14(3)18(16)28-4/h5-10H,11H2,1-4H3,(H,21,24,26). The smallest absolute Gasteiger partial charge is 0.264 e. The van der Waals surface area contributed by atoms with Crippen LogP contribution >= 0.6 is 0 Å². The van der Waals surface area contributed by atoms with Crippen LogP contribution in [-0.2, 0) is 6.54 Å². The predicted octanol–water partition coefficient (Wildman–Crippen LogP) is 2.27. The Bertz CT molecular complexity index is 1070. The lowest BCUT2D eigenvalue weighted by molar-refractivity contribution is 0.102. The van der Waals surface area contributed by atoms with Crippen LogP contribution in [0.3, 0.4) is 0 Å². The predicted molar refractivity (Wildman–Crippen MR) is 105 cm³/mol. The maximum Gasteiger partial charge on any atom is 0.264 e. The van der Waals surface area contributed by atoms with Gasteiger partial charge in [-0.2, -0.15) is 0 Å². The number of aromatic nitrogens is 4. The third-order valence-corrected chi connectivity index (χ3v) is 4.30. The molecule has 8 nitrogen and oxygen atoms in total. The van der Waals surface area contributed by atoms with Crippen molar-refractivity contribution in [2.24, 2.45) is 0 Å². The lowest BCUT2D eigenvalue weighted by Crippen LogP contribution is -2.30. The van der Waals surface area contributed by atoms with Crippen molar-refractivity contribution < 1.29 is 9.53 Å². The lowest BCUT2D eigenvalue weighted by Gasteiger charge is -2.13. The van der Waals surface area contributed by atoms with Crippen molar-refractivity contribution in [3.05, 3.63) is 75.5 Å². The van der Waals surface area contributed by atoms with E-state index < -0.39 is 11.5 Å². The molecule has 0 unspecified atom stereocenters. The van der Waals surface area contributed by atoms with Crippen LogP contribution in [0.4, 0.5) is 5.69 Å². The number of amides is 1. The maximum atomic E-state index is 12.9. The monoisotopic (exact) mass is 379 g/mol. The minimum absolute atomic E-state index is 0.0686. The van der Waals surface area contributed by atoms with Gasteiger partial charge in [0.1, 0.15) is 5.56 Å². The Morgan fingerprint density at radius 2 is 1.93 bits per heavy atom. The first-order valence-corrected chi connectivity index (χ1v) is 8.69. The average Bonchev–Trinajstić information content (AvgIpc) is 2.66. The van der Waals surface area contributed by atoms with Gasteiger partial charge >= 0.3 is 0 Å². The largest absolute Gasteiger partial charge is 0.493 e. The van der Waals surface area contributed by atoms with Gasteiger partial charge in [0, 0.05) is 18.6 Å². The molecule has 0 aliphatic rings. The fourth-order valence-corrected chi connectivity index (χ4v) is 2.84. The summed E-state index contributed by atoms with van der Waals surface area (Å²) in [4.78, 5) is 38.4. The zero-order valence-electron chi connectivity index (χ0n) is 16.2. The number of methoxy groups -OCH3 is 1. The van der Waals surface area contributed by atoms with Crippen molar-refractivity contribution in [1.29, 1.82) is 0 Å². The van der Waals surface area contributed by atoms with Gasteiger partial charge in [-0.1, -0.05) is 0 Å². The molecule has 0 spiro atoms. The van der Waals surface area contributed by atoms with E-state index in [9.17, 15) is 9.59 Å². The highest BCUT2D eigenvalue weighted by Crippen LogP contribution is 2.26. The van der Waals surface area contributed by atoms with E-state index in [2.05, 4.69) is 20.3 Å². The maximum absolute atomic E-state index is 12.9. The first-order chi connectivity index (χ1) is 13.4. The Balaban J connectivity index is 1.93. The Hall–Kier alpha value is -3.55. The minimum Gasteiger partial charge on any atom is -0.493 e. The number of pyridine rings is 2. The van der Waals surface area contributed by atoms with Gasteiger partial charge in [-0.15, -0.1) is 0 Å². The van der Waals surface area contributed by atoms with Crippen LogP contribution in [0.15, 0.2) is 41.7 Å². The summed E-state index contributed by atoms with van der Waals surface area (Å²) in [6.07, 6.45) is 6.47. The first kappa shape index (κ1) is 19.2. The summed E-state index contributed by atoms with van der Waals surface area (Å²) in [7, 11) is 1.50. The summed E-state index contributed by atoms with van der Waals surface area (Å²) in [5, 5.41) is 2.75. The normalized spacial score (nSPS) is 10.6. The van der Waals surface area contributed by atoms with Gasteiger partial charge < -0.3 is 14.6 Å². The summed E-state index contributed by atoms with van der Waals surface area (Å²) >= 11 is 0. The topological polar surface area (TPSA) is 99.0 Å². The summed E-state index contributed by atoms with van der Waals surface area (Å²) in [5.74, 6) is -0.0459. The second kappa shape index (κ2) is 7.99. The number of anilines is 1. The van der Waals surface area contributed by atoms with E-state index >= 15 is 0 Å². The number of hydrogen-bond acceptors (Lipinski definition) is 6. The van der Waals surface area contributed by atoms with E-state index in [1.54, 1.807) is 50.8 Å². The highest BCUT2D eigenvalue weighted by Gasteiger charge is 2.18. The van der Waals surface area contributed by atoms with E-state index in [-0.39, 0.29) is 12.1 Å². The van der Waals surface area contributed by atoms with Crippen LogP contribution in [0.5, 0.6) is 5.75 Å². The highest BCUT2D eigenvalue weighted by molar-refractivity contribution is 6.05. The molecule has 1 N–H and O–H groups in total. The second-order valence-electron chi connectivity index (χ2n) is 6.39. The second-order valence-corrected chi connectivity index (χ2v) is 6.39. The lowest BCUT2D eigenvalue weighted by atomic mass is 10.1. The molecular weight excluding hydrogens is 358 g/mol. The molecule has 3 aromatic rings. The van der Waals surface area contributed by atoms with Gasteiger partial charge in [0.2, 0.25) is 0 Å². The first-order valence-electron chi connectivity index (χ1n) is 8.69. The molecule has 0 bridgehead atoms. The molecule has 0 fully saturated rings. The van der Waals surface area contributed by atoms with E-state index in [1.165, 1.54) is 11.7 Å². The fourth-order valence-electron chi connectivity index (χ4n) is 2.84.